The summed E-state index contributed by atoms with van der Waals surface area (Å²) in [5, 5.41) is 3.80. The van der Waals surface area contributed by atoms with E-state index in [0.29, 0.717) is 6.04 Å². The van der Waals surface area contributed by atoms with Crippen molar-refractivity contribution in [3.8, 4) is 0 Å². The average Bonchev–Trinajstić information content (AvgIpc) is 2.35. The summed E-state index contributed by atoms with van der Waals surface area (Å²) < 4.78 is 0. The molecule has 0 aliphatic heterocycles. The van der Waals surface area contributed by atoms with Crippen molar-refractivity contribution in [2.45, 2.75) is 71.4 Å². The molecule has 0 saturated heterocycles. The predicted molar refractivity (Wildman–Crippen MR) is 81.0 cm³/mol. The molecule has 108 valence electrons. The van der Waals surface area contributed by atoms with Crippen molar-refractivity contribution in [2.24, 2.45) is 11.8 Å². The first-order valence-corrected chi connectivity index (χ1v) is 7.85. The van der Waals surface area contributed by atoms with E-state index < -0.39 is 0 Å². The van der Waals surface area contributed by atoms with Crippen LogP contribution in [0.3, 0.4) is 0 Å². The molecule has 0 aromatic rings. The number of rotatable bonds is 6. The first kappa shape index (κ1) is 16.0. The Bertz CT molecular complexity index is 235. The monoisotopic (exact) mass is 254 g/mol. The van der Waals surface area contributed by atoms with Crippen LogP contribution in [0, 0.1) is 11.8 Å². The molecule has 1 fully saturated rings. The van der Waals surface area contributed by atoms with E-state index >= 15 is 0 Å². The predicted octanol–water partition coefficient (Wildman–Crippen LogP) is 3.52. The van der Waals surface area contributed by atoms with Crippen molar-refractivity contribution in [1.29, 1.82) is 0 Å². The quantitative estimate of drug-likeness (QED) is 0.780. The van der Waals surface area contributed by atoms with Crippen LogP contribution in [0.1, 0.15) is 59.8 Å². The van der Waals surface area contributed by atoms with Crippen molar-refractivity contribution in [3.63, 3.8) is 0 Å². The van der Waals surface area contributed by atoms with Gasteiger partial charge in [-0.1, -0.05) is 39.5 Å². The molecular weight excluding hydrogens is 220 g/mol. The van der Waals surface area contributed by atoms with Gasteiger partial charge in [-0.25, -0.2) is 0 Å². The summed E-state index contributed by atoms with van der Waals surface area (Å²) in [6, 6.07) is 0.614. The number of nitrogens with one attached hydrogen (secondary N) is 1. The lowest BCUT2D eigenvalue weighted by Gasteiger charge is -2.48. The minimum Gasteiger partial charge on any atom is -0.312 e. The van der Waals surface area contributed by atoms with Crippen LogP contribution < -0.4 is 5.32 Å². The zero-order chi connectivity index (χ0) is 13.8. The average molecular weight is 254 g/mol. The van der Waals surface area contributed by atoms with Gasteiger partial charge in [0.2, 0.25) is 0 Å². The van der Waals surface area contributed by atoms with E-state index in [9.17, 15) is 0 Å². The van der Waals surface area contributed by atoms with Crippen LogP contribution in [0.5, 0.6) is 0 Å². The summed E-state index contributed by atoms with van der Waals surface area (Å²) >= 11 is 0. The maximum absolute atomic E-state index is 3.80. The molecule has 2 heteroatoms. The summed E-state index contributed by atoms with van der Waals surface area (Å²) in [4.78, 5) is 2.39. The fraction of sp³-hybridized carbons (Fsp3) is 1.00. The largest absolute Gasteiger partial charge is 0.312 e. The van der Waals surface area contributed by atoms with Gasteiger partial charge in [0.15, 0.2) is 0 Å². The lowest BCUT2D eigenvalue weighted by molar-refractivity contribution is 0.0595. The minimum atomic E-state index is 0.228. The molecule has 0 radical (unpaired) electrons. The molecule has 2 nitrogen and oxygen atoms in total. The van der Waals surface area contributed by atoms with Crippen LogP contribution in [0.2, 0.25) is 0 Å². The van der Waals surface area contributed by atoms with Crippen molar-refractivity contribution in [1.82, 2.24) is 10.2 Å². The fourth-order valence-corrected chi connectivity index (χ4v) is 3.61. The normalized spacial score (nSPS) is 27.5. The summed E-state index contributed by atoms with van der Waals surface area (Å²) in [5.41, 5.74) is 0.228. The standard InChI is InChI=1S/C16H34N2/c1-7-13-11-9-10-12-14(13)15(17-8-2)16(3,4)18(5)6/h13-15,17H,7-12H2,1-6H3. The Morgan fingerprint density at radius 2 is 1.78 bits per heavy atom. The van der Waals surface area contributed by atoms with Crippen LogP contribution in [0.4, 0.5) is 0 Å². The highest BCUT2D eigenvalue weighted by molar-refractivity contribution is 4.98. The molecule has 18 heavy (non-hydrogen) atoms. The molecule has 1 aliphatic rings. The van der Waals surface area contributed by atoms with E-state index in [1.54, 1.807) is 0 Å². The zero-order valence-electron chi connectivity index (χ0n) is 13.4. The summed E-state index contributed by atoms with van der Waals surface area (Å²) in [6.45, 7) is 10.5. The second-order valence-electron chi connectivity index (χ2n) is 6.70. The van der Waals surface area contributed by atoms with Crippen LogP contribution in [-0.4, -0.2) is 37.1 Å². The second-order valence-corrected chi connectivity index (χ2v) is 6.70. The zero-order valence-corrected chi connectivity index (χ0v) is 13.4. The molecule has 0 spiro atoms. The smallest absolute Gasteiger partial charge is 0.0302 e. The van der Waals surface area contributed by atoms with E-state index in [-0.39, 0.29) is 5.54 Å². The number of hydrogen-bond acceptors (Lipinski definition) is 2. The highest BCUT2D eigenvalue weighted by Gasteiger charge is 2.40. The molecule has 1 saturated carbocycles. The van der Waals surface area contributed by atoms with Gasteiger partial charge in [-0.3, -0.25) is 0 Å². The molecular formula is C16H34N2. The third-order valence-electron chi connectivity index (χ3n) is 5.26. The Hall–Kier alpha value is -0.0800. The Labute approximate surface area is 115 Å². The highest BCUT2D eigenvalue weighted by atomic mass is 15.2. The molecule has 0 aromatic carbocycles. The number of hydrogen-bond donors (Lipinski definition) is 1. The lowest BCUT2D eigenvalue weighted by Crippen LogP contribution is -2.60. The fourth-order valence-electron chi connectivity index (χ4n) is 3.61. The van der Waals surface area contributed by atoms with Crippen molar-refractivity contribution < 1.29 is 0 Å². The topological polar surface area (TPSA) is 15.3 Å². The molecule has 1 N–H and O–H groups in total. The number of nitrogens with zero attached hydrogens (tertiary/aromatic N) is 1. The highest BCUT2D eigenvalue weighted by Crippen LogP contribution is 2.38. The second kappa shape index (κ2) is 6.91. The molecule has 0 amide bonds. The molecule has 3 unspecified atom stereocenters. The maximum Gasteiger partial charge on any atom is 0.0302 e. The molecule has 0 heterocycles. The van der Waals surface area contributed by atoms with Crippen LogP contribution in [0.25, 0.3) is 0 Å². The first-order valence-electron chi connectivity index (χ1n) is 7.85. The van der Waals surface area contributed by atoms with Gasteiger partial charge in [0, 0.05) is 11.6 Å². The van der Waals surface area contributed by atoms with Crippen LogP contribution in [-0.2, 0) is 0 Å². The van der Waals surface area contributed by atoms with E-state index in [4.69, 9.17) is 0 Å². The first-order chi connectivity index (χ1) is 8.45. The molecule has 1 aliphatic carbocycles. The third kappa shape index (κ3) is 3.48. The van der Waals surface area contributed by atoms with Crippen molar-refractivity contribution in [2.75, 3.05) is 20.6 Å². The molecule has 0 bridgehead atoms. The van der Waals surface area contributed by atoms with Gasteiger partial charge in [-0.2, -0.15) is 0 Å². The molecule has 0 aromatic heterocycles. The Morgan fingerprint density at radius 3 is 2.28 bits per heavy atom. The van der Waals surface area contributed by atoms with E-state index in [0.717, 1.165) is 18.4 Å². The van der Waals surface area contributed by atoms with Gasteiger partial charge in [0.05, 0.1) is 0 Å². The summed E-state index contributed by atoms with van der Waals surface area (Å²) in [5.74, 6) is 1.77. The Balaban J connectivity index is 2.88. The molecule has 1 rings (SSSR count). The maximum atomic E-state index is 3.80. The van der Waals surface area contributed by atoms with Gasteiger partial charge in [0.25, 0.3) is 0 Å². The minimum absolute atomic E-state index is 0.228. The van der Waals surface area contributed by atoms with E-state index in [1.165, 1.54) is 32.1 Å². The van der Waals surface area contributed by atoms with Crippen LogP contribution >= 0.6 is 0 Å². The molecule has 3 atom stereocenters. The summed E-state index contributed by atoms with van der Waals surface area (Å²) in [6.07, 6.45) is 7.05. The number of likely N-dealkylation sites (N-methyl/N-ethyl adjacent to an activating group) is 2. The van der Waals surface area contributed by atoms with Crippen molar-refractivity contribution >= 4 is 0 Å². The van der Waals surface area contributed by atoms with Gasteiger partial charge in [-0.15, -0.1) is 0 Å². The lowest BCUT2D eigenvalue weighted by atomic mass is 9.69. The third-order valence-corrected chi connectivity index (χ3v) is 5.26. The Kier molecular flexibility index (Phi) is 6.13. The van der Waals surface area contributed by atoms with Gasteiger partial charge in [0.1, 0.15) is 0 Å². The van der Waals surface area contributed by atoms with Gasteiger partial charge in [-0.05, 0) is 52.7 Å². The SMILES string of the molecule is CCNC(C1CCCCC1CC)C(C)(C)N(C)C. The Morgan fingerprint density at radius 1 is 1.17 bits per heavy atom. The van der Waals surface area contributed by atoms with Gasteiger partial charge >= 0.3 is 0 Å². The van der Waals surface area contributed by atoms with E-state index in [1.807, 2.05) is 0 Å². The summed E-state index contributed by atoms with van der Waals surface area (Å²) in [7, 11) is 4.43. The van der Waals surface area contributed by atoms with E-state index in [2.05, 4.69) is 52.0 Å². The van der Waals surface area contributed by atoms with Crippen LogP contribution in [0.15, 0.2) is 0 Å². The van der Waals surface area contributed by atoms with Gasteiger partial charge < -0.3 is 10.2 Å². The van der Waals surface area contributed by atoms with Crippen molar-refractivity contribution in [3.05, 3.63) is 0 Å².